The number of rotatable bonds is 2. The molecule has 0 saturated heterocycles. The molecule has 0 spiro atoms. The van der Waals surface area contributed by atoms with Crippen molar-refractivity contribution in [3.05, 3.63) is 41.0 Å². The fraction of sp³-hybridized carbons (Fsp3) is 0.182. The smallest absolute Gasteiger partial charge is 0.144 e. The molecule has 13 heavy (non-hydrogen) atoms. The highest BCUT2D eigenvalue weighted by atomic mass is 35.5. The summed E-state index contributed by atoms with van der Waals surface area (Å²) in [5.41, 5.74) is 3.14. The van der Waals surface area contributed by atoms with Crippen LogP contribution >= 0.6 is 11.6 Å². The van der Waals surface area contributed by atoms with Crippen molar-refractivity contribution in [3.8, 4) is 0 Å². The second kappa shape index (κ2) is 4.24. The molecule has 0 amide bonds. The fourth-order valence-electron chi connectivity index (χ4n) is 1.14. The number of halogens is 1. The van der Waals surface area contributed by atoms with Crippen LogP contribution in [0, 0.1) is 13.8 Å². The minimum Gasteiger partial charge on any atom is -0.299 e. The maximum atomic E-state index is 10.2. The zero-order chi connectivity index (χ0) is 9.84. The second-order valence-corrected chi connectivity index (χ2v) is 3.38. The SMILES string of the molecule is Cc1ccc(C)c(C(Cl)=CC=O)c1. The molecule has 0 atom stereocenters. The quantitative estimate of drug-likeness (QED) is 0.523. The lowest BCUT2D eigenvalue weighted by molar-refractivity contribution is -0.104. The Balaban J connectivity index is 3.20. The largest absolute Gasteiger partial charge is 0.299 e. The van der Waals surface area contributed by atoms with E-state index in [9.17, 15) is 4.79 Å². The van der Waals surface area contributed by atoms with Crippen LogP contribution in [0.4, 0.5) is 0 Å². The highest BCUT2D eigenvalue weighted by Gasteiger charge is 2.01. The Labute approximate surface area is 83.0 Å². The van der Waals surface area contributed by atoms with Gasteiger partial charge in [-0.25, -0.2) is 0 Å². The Morgan fingerprint density at radius 3 is 2.69 bits per heavy atom. The summed E-state index contributed by atoms with van der Waals surface area (Å²) >= 11 is 5.91. The van der Waals surface area contributed by atoms with Gasteiger partial charge in [0, 0.05) is 0 Å². The van der Waals surface area contributed by atoms with Gasteiger partial charge in [-0.05, 0) is 31.1 Å². The predicted molar refractivity (Wildman–Crippen MR) is 55.8 cm³/mol. The number of carbonyl (C=O) groups is 1. The number of aldehydes is 1. The molecule has 1 aromatic rings. The van der Waals surface area contributed by atoms with E-state index in [1.807, 2.05) is 32.0 Å². The van der Waals surface area contributed by atoms with E-state index in [1.165, 1.54) is 6.08 Å². The summed E-state index contributed by atoms with van der Waals surface area (Å²) in [6, 6.07) is 5.98. The van der Waals surface area contributed by atoms with Gasteiger partial charge in [0.1, 0.15) is 6.29 Å². The van der Waals surface area contributed by atoms with Crippen LogP contribution < -0.4 is 0 Å². The summed E-state index contributed by atoms with van der Waals surface area (Å²) in [5, 5.41) is 0.496. The molecule has 0 aliphatic rings. The van der Waals surface area contributed by atoms with Gasteiger partial charge < -0.3 is 0 Å². The molecule has 2 heteroatoms. The fourth-order valence-corrected chi connectivity index (χ4v) is 1.40. The Hall–Kier alpha value is -1.08. The summed E-state index contributed by atoms with van der Waals surface area (Å²) in [5.74, 6) is 0. The van der Waals surface area contributed by atoms with Crippen LogP contribution in [0.2, 0.25) is 0 Å². The van der Waals surface area contributed by atoms with Crippen molar-refractivity contribution in [3.63, 3.8) is 0 Å². The molecule has 0 heterocycles. The number of allylic oxidation sites excluding steroid dienone is 1. The Kier molecular flexibility index (Phi) is 3.26. The minimum absolute atomic E-state index is 0.496. The monoisotopic (exact) mass is 194 g/mol. The van der Waals surface area contributed by atoms with Gasteiger partial charge in [0.15, 0.2) is 0 Å². The number of benzene rings is 1. The van der Waals surface area contributed by atoms with Crippen molar-refractivity contribution < 1.29 is 4.79 Å². The van der Waals surface area contributed by atoms with E-state index in [0.29, 0.717) is 11.3 Å². The van der Waals surface area contributed by atoms with Gasteiger partial charge in [-0.2, -0.15) is 0 Å². The van der Waals surface area contributed by atoms with E-state index in [0.717, 1.165) is 16.7 Å². The van der Waals surface area contributed by atoms with Crippen LogP contribution in [0.15, 0.2) is 24.3 Å². The van der Waals surface area contributed by atoms with Gasteiger partial charge in [-0.3, -0.25) is 4.79 Å². The Morgan fingerprint density at radius 1 is 1.38 bits per heavy atom. The molecule has 1 rings (SSSR count). The van der Waals surface area contributed by atoms with Crippen molar-refractivity contribution in [1.29, 1.82) is 0 Å². The van der Waals surface area contributed by atoms with Gasteiger partial charge in [0.25, 0.3) is 0 Å². The molecule has 0 N–H and O–H groups in total. The molecule has 1 nitrogen and oxygen atoms in total. The summed E-state index contributed by atoms with van der Waals surface area (Å²) in [6.45, 7) is 3.96. The molecular formula is C11H11ClO. The molecule has 0 fully saturated rings. The van der Waals surface area contributed by atoms with Crippen LogP contribution in [-0.4, -0.2) is 6.29 Å². The maximum absolute atomic E-state index is 10.2. The third-order valence-corrected chi connectivity index (χ3v) is 2.19. The van der Waals surface area contributed by atoms with E-state index < -0.39 is 0 Å². The summed E-state index contributed by atoms with van der Waals surface area (Å²) < 4.78 is 0. The van der Waals surface area contributed by atoms with Crippen LogP contribution in [0.1, 0.15) is 16.7 Å². The standard InChI is InChI=1S/C11H11ClO/c1-8-3-4-9(2)10(7-8)11(12)5-6-13/h3-7H,1-2H3. The number of aryl methyl sites for hydroxylation is 2. The first kappa shape index (κ1) is 10.0. The normalized spacial score (nSPS) is 11.5. The second-order valence-electron chi connectivity index (χ2n) is 2.97. The first-order valence-electron chi connectivity index (χ1n) is 4.03. The van der Waals surface area contributed by atoms with Gasteiger partial charge in [-0.15, -0.1) is 0 Å². The van der Waals surface area contributed by atoms with Crippen molar-refractivity contribution in [2.24, 2.45) is 0 Å². The van der Waals surface area contributed by atoms with Crippen LogP contribution in [-0.2, 0) is 4.79 Å². The molecule has 0 aliphatic carbocycles. The van der Waals surface area contributed by atoms with Crippen LogP contribution in [0.5, 0.6) is 0 Å². The van der Waals surface area contributed by atoms with Crippen LogP contribution in [0.3, 0.4) is 0 Å². The van der Waals surface area contributed by atoms with Crippen molar-refractivity contribution >= 4 is 22.9 Å². The highest BCUT2D eigenvalue weighted by molar-refractivity contribution is 6.49. The average Bonchev–Trinajstić information content (AvgIpc) is 2.09. The first-order chi connectivity index (χ1) is 6.15. The predicted octanol–water partition coefficient (Wildman–Crippen LogP) is 3.08. The van der Waals surface area contributed by atoms with E-state index in [2.05, 4.69) is 0 Å². The van der Waals surface area contributed by atoms with E-state index in [4.69, 9.17) is 11.6 Å². The lowest BCUT2D eigenvalue weighted by Crippen LogP contribution is -1.85. The van der Waals surface area contributed by atoms with E-state index >= 15 is 0 Å². The summed E-state index contributed by atoms with van der Waals surface area (Å²) in [4.78, 5) is 10.2. The third-order valence-electron chi connectivity index (χ3n) is 1.86. The lowest BCUT2D eigenvalue weighted by atomic mass is 10.1. The summed E-state index contributed by atoms with van der Waals surface area (Å²) in [7, 11) is 0. The molecule has 1 aromatic carbocycles. The lowest BCUT2D eigenvalue weighted by Gasteiger charge is -2.04. The highest BCUT2D eigenvalue weighted by Crippen LogP contribution is 2.22. The Bertz CT molecular complexity index is 353. The third kappa shape index (κ3) is 2.43. The van der Waals surface area contributed by atoms with Crippen molar-refractivity contribution in [1.82, 2.24) is 0 Å². The van der Waals surface area contributed by atoms with Gasteiger partial charge in [-0.1, -0.05) is 35.4 Å². The first-order valence-corrected chi connectivity index (χ1v) is 4.41. The average molecular weight is 195 g/mol. The van der Waals surface area contributed by atoms with E-state index in [1.54, 1.807) is 0 Å². The number of hydrogen-bond donors (Lipinski definition) is 0. The Morgan fingerprint density at radius 2 is 2.08 bits per heavy atom. The van der Waals surface area contributed by atoms with Crippen molar-refractivity contribution in [2.75, 3.05) is 0 Å². The molecular weight excluding hydrogens is 184 g/mol. The van der Waals surface area contributed by atoms with E-state index in [-0.39, 0.29) is 0 Å². The van der Waals surface area contributed by atoms with Gasteiger partial charge >= 0.3 is 0 Å². The molecule has 0 saturated carbocycles. The molecule has 68 valence electrons. The zero-order valence-electron chi connectivity index (χ0n) is 7.67. The summed E-state index contributed by atoms with van der Waals surface area (Å²) in [6.07, 6.45) is 2.06. The molecule has 0 aliphatic heterocycles. The maximum Gasteiger partial charge on any atom is 0.144 e. The molecule has 0 unspecified atom stereocenters. The van der Waals surface area contributed by atoms with Crippen LogP contribution in [0.25, 0.3) is 5.03 Å². The van der Waals surface area contributed by atoms with Gasteiger partial charge in [0.05, 0.1) is 5.03 Å². The molecule has 0 radical (unpaired) electrons. The number of carbonyl (C=O) groups excluding carboxylic acids is 1. The number of hydrogen-bond acceptors (Lipinski definition) is 1. The van der Waals surface area contributed by atoms with Crippen molar-refractivity contribution in [2.45, 2.75) is 13.8 Å². The topological polar surface area (TPSA) is 17.1 Å². The minimum atomic E-state index is 0.496. The molecule has 0 aromatic heterocycles. The molecule has 0 bridgehead atoms. The van der Waals surface area contributed by atoms with Gasteiger partial charge in [0.2, 0.25) is 0 Å². The zero-order valence-corrected chi connectivity index (χ0v) is 8.43.